The van der Waals surface area contributed by atoms with Crippen LogP contribution in [0.4, 0.5) is 17.6 Å². The van der Waals surface area contributed by atoms with Crippen molar-refractivity contribution in [1.82, 2.24) is 15.0 Å². The maximum absolute atomic E-state index is 12.2. The Morgan fingerprint density at radius 2 is 1.88 bits per heavy atom. The summed E-state index contributed by atoms with van der Waals surface area (Å²) in [6.45, 7) is 6.20. The molecule has 7 nitrogen and oxygen atoms in total. The number of thioether (sulfide) groups is 1. The average Bonchev–Trinajstić information content (AvgIpc) is 2.48. The summed E-state index contributed by atoms with van der Waals surface area (Å²) in [5, 5.41) is 3.01. The number of anilines is 3. The molecule has 0 radical (unpaired) electrons. The number of carbonyl (C=O) groups is 1. The molecule has 0 saturated carbocycles. The van der Waals surface area contributed by atoms with Crippen LogP contribution in [0.3, 0.4) is 0 Å². The lowest BCUT2D eigenvalue weighted by Crippen LogP contribution is -2.17. The summed E-state index contributed by atoms with van der Waals surface area (Å²) in [4.78, 5) is 23.9. The van der Waals surface area contributed by atoms with Crippen LogP contribution in [-0.2, 0) is 10.5 Å². The van der Waals surface area contributed by atoms with Crippen molar-refractivity contribution in [2.75, 3.05) is 22.5 Å². The van der Waals surface area contributed by atoms with Gasteiger partial charge in [0.25, 0.3) is 0 Å². The van der Waals surface area contributed by atoms with E-state index in [9.17, 15) is 4.79 Å². The second-order valence-corrected chi connectivity index (χ2v) is 6.69. The van der Waals surface area contributed by atoms with Gasteiger partial charge >= 0.3 is 0 Å². The number of benzene rings is 1. The number of aromatic nitrogens is 3. The molecule has 0 bridgehead atoms. The van der Waals surface area contributed by atoms with Gasteiger partial charge in [0.15, 0.2) is 0 Å². The van der Waals surface area contributed by atoms with Crippen molar-refractivity contribution in [3.05, 3.63) is 35.2 Å². The normalized spacial score (nSPS) is 10.8. The Hall–Kier alpha value is -2.35. The standard InChI is InChI=1S/C16H22N6OS/c1-9(2)11-6-4-5-10(3)14(11)21-13(23)8-24-7-12-19-15(17)22-16(18)20-12/h4-6,9H,7-8H2,1-3H3,(H,21,23)(H4,17,18,19,20,22). The van der Waals surface area contributed by atoms with Crippen molar-refractivity contribution in [3.8, 4) is 0 Å². The third kappa shape index (κ3) is 4.82. The molecular formula is C16H22N6OS. The van der Waals surface area contributed by atoms with Gasteiger partial charge in [-0.3, -0.25) is 4.79 Å². The van der Waals surface area contributed by atoms with Crippen LogP contribution < -0.4 is 16.8 Å². The summed E-state index contributed by atoms with van der Waals surface area (Å²) in [6, 6.07) is 6.03. The van der Waals surface area contributed by atoms with Gasteiger partial charge in [0.05, 0.1) is 11.5 Å². The highest BCUT2D eigenvalue weighted by atomic mass is 32.2. The van der Waals surface area contributed by atoms with Crippen molar-refractivity contribution in [1.29, 1.82) is 0 Å². The highest BCUT2D eigenvalue weighted by Crippen LogP contribution is 2.27. The highest BCUT2D eigenvalue weighted by molar-refractivity contribution is 7.99. The fourth-order valence-corrected chi connectivity index (χ4v) is 2.95. The van der Waals surface area contributed by atoms with Gasteiger partial charge in [-0.1, -0.05) is 32.0 Å². The molecule has 8 heteroatoms. The molecule has 0 unspecified atom stereocenters. The van der Waals surface area contributed by atoms with Gasteiger partial charge in [-0.2, -0.15) is 15.0 Å². The summed E-state index contributed by atoms with van der Waals surface area (Å²) in [6.07, 6.45) is 0. The second-order valence-electron chi connectivity index (χ2n) is 5.70. The number of nitrogens with two attached hydrogens (primary N) is 2. The van der Waals surface area contributed by atoms with E-state index in [1.165, 1.54) is 11.8 Å². The number of carbonyl (C=O) groups excluding carboxylic acids is 1. The first-order valence-electron chi connectivity index (χ1n) is 7.59. The van der Waals surface area contributed by atoms with Crippen LogP contribution in [0, 0.1) is 6.92 Å². The summed E-state index contributed by atoms with van der Waals surface area (Å²) >= 11 is 1.40. The van der Waals surface area contributed by atoms with E-state index in [0.29, 0.717) is 17.5 Å². The van der Waals surface area contributed by atoms with Crippen molar-refractivity contribution < 1.29 is 4.79 Å². The zero-order chi connectivity index (χ0) is 17.7. The molecule has 1 aromatic heterocycles. The number of nitrogens with one attached hydrogen (secondary N) is 1. The molecule has 0 aliphatic heterocycles. The fourth-order valence-electron chi connectivity index (χ4n) is 2.27. The molecule has 0 fully saturated rings. The number of hydrogen-bond acceptors (Lipinski definition) is 7. The van der Waals surface area contributed by atoms with Crippen LogP contribution >= 0.6 is 11.8 Å². The Balaban J connectivity index is 1.94. The van der Waals surface area contributed by atoms with Gasteiger partial charge in [-0.25, -0.2) is 0 Å². The molecule has 128 valence electrons. The summed E-state index contributed by atoms with van der Waals surface area (Å²) in [7, 11) is 0. The predicted molar refractivity (Wildman–Crippen MR) is 98.7 cm³/mol. The Morgan fingerprint density at radius 1 is 1.21 bits per heavy atom. The Bertz CT molecular complexity index is 714. The zero-order valence-electron chi connectivity index (χ0n) is 14.0. The zero-order valence-corrected chi connectivity index (χ0v) is 14.9. The molecule has 2 rings (SSSR count). The number of rotatable bonds is 6. The lowest BCUT2D eigenvalue weighted by atomic mass is 9.98. The van der Waals surface area contributed by atoms with Crippen molar-refractivity contribution in [3.63, 3.8) is 0 Å². The number of para-hydroxylation sites is 1. The maximum Gasteiger partial charge on any atom is 0.234 e. The minimum Gasteiger partial charge on any atom is -0.368 e. The molecule has 1 aromatic carbocycles. The van der Waals surface area contributed by atoms with Gasteiger partial charge in [0, 0.05) is 5.69 Å². The highest BCUT2D eigenvalue weighted by Gasteiger charge is 2.12. The van der Waals surface area contributed by atoms with Gasteiger partial charge in [-0.05, 0) is 24.0 Å². The van der Waals surface area contributed by atoms with Gasteiger partial charge in [0.1, 0.15) is 5.82 Å². The van der Waals surface area contributed by atoms with Gasteiger partial charge < -0.3 is 16.8 Å². The third-order valence-electron chi connectivity index (χ3n) is 3.37. The molecule has 0 spiro atoms. The summed E-state index contributed by atoms with van der Waals surface area (Å²) in [5.74, 6) is 1.65. The van der Waals surface area contributed by atoms with Crippen LogP contribution in [-0.4, -0.2) is 26.6 Å². The number of amides is 1. The molecule has 0 saturated heterocycles. The first-order valence-corrected chi connectivity index (χ1v) is 8.75. The minimum atomic E-state index is -0.0637. The van der Waals surface area contributed by atoms with Gasteiger partial charge in [0.2, 0.25) is 17.8 Å². The molecule has 0 aliphatic rings. The molecule has 0 aliphatic carbocycles. The second kappa shape index (κ2) is 7.96. The van der Waals surface area contributed by atoms with E-state index in [4.69, 9.17) is 11.5 Å². The minimum absolute atomic E-state index is 0.0637. The molecule has 24 heavy (non-hydrogen) atoms. The number of nitrogen functional groups attached to an aromatic ring is 2. The lowest BCUT2D eigenvalue weighted by molar-refractivity contribution is -0.113. The van der Waals surface area contributed by atoms with Crippen molar-refractivity contribution in [2.45, 2.75) is 32.4 Å². The van der Waals surface area contributed by atoms with Crippen LogP contribution in [0.2, 0.25) is 0 Å². The van der Waals surface area contributed by atoms with E-state index in [1.54, 1.807) is 0 Å². The summed E-state index contributed by atoms with van der Waals surface area (Å²) < 4.78 is 0. The van der Waals surface area contributed by atoms with E-state index in [0.717, 1.165) is 16.8 Å². The molecule has 2 aromatic rings. The van der Waals surface area contributed by atoms with Crippen molar-refractivity contribution >= 4 is 35.3 Å². The monoisotopic (exact) mass is 346 g/mol. The lowest BCUT2D eigenvalue weighted by Gasteiger charge is -2.16. The molecule has 0 atom stereocenters. The molecule has 1 heterocycles. The predicted octanol–water partition coefficient (Wildman–Crippen LogP) is 2.34. The Kier molecular flexibility index (Phi) is 5.97. The van der Waals surface area contributed by atoms with Crippen LogP contribution in [0.25, 0.3) is 0 Å². The first-order chi connectivity index (χ1) is 11.4. The maximum atomic E-state index is 12.2. The first kappa shape index (κ1) is 18.0. The SMILES string of the molecule is Cc1cccc(C(C)C)c1NC(=O)CSCc1nc(N)nc(N)n1. The topological polar surface area (TPSA) is 120 Å². The third-order valence-corrected chi connectivity index (χ3v) is 4.30. The molecular weight excluding hydrogens is 324 g/mol. The van der Waals surface area contributed by atoms with Crippen LogP contribution in [0.15, 0.2) is 18.2 Å². The summed E-state index contributed by atoms with van der Waals surface area (Å²) in [5.41, 5.74) is 14.1. The average molecular weight is 346 g/mol. The number of hydrogen-bond donors (Lipinski definition) is 3. The smallest absolute Gasteiger partial charge is 0.234 e. The molecule has 1 amide bonds. The van der Waals surface area contributed by atoms with Gasteiger partial charge in [-0.15, -0.1) is 11.8 Å². The largest absolute Gasteiger partial charge is 0.368 e. The van der Waals surface area contributed by atoms with E-state index >= 15 is 0 Å². The quantitative estimate of drug-likeness (QED) is 0.734. The van der Waals surface area contributed by atoms with E-state index in [-0.39, 0.29) is 23.6 Å². The fraction of sp³-hybridized carbons (Fsp3) is 0.375. The van der Waals surface area contributed by atoms with E-state index < -0.39 is 0 Å². The van der Waals surface area contributed by atoms with E-state index in [2.05, 4.69) is 34.1 Å². The van der Waals surface area contributed by atoms with Crippen molar-refractivity contribution in [2.24, 2.45) is 0 Å². The van der Waals surface area contributed by atoms with E-state index in [1.807, 2.05) is 25.1 Å². The van der Waals surface area contributed by atoms with Crippen LogP contribution in [0.5, 0.6) is 0 Å². The Morgan fingerprint density at radius 3 is 2.50 bits per heavy atom. The van der Waals surface area contributed by atoms with Crippen LogP contribution in [0.1, 0.15) is 36.7 Å². The number of nitrogens with zero attached hydrogens (tertiary/aromatic N) is 3. The molecule has 5 N–H and O–H groups in total. The Labute approximate surface area is 145 Å². The number of aryl methyl sites for hydroxylation is 1.